The van der Waals surface area contributed by atoms with Crippen molar-refractivity contribution in [3.05, 3.63) is 29.8 Å². The van der Waals surface area contributed by atoms with E-state index >= 15 is 0 Å². The van der Waals surface area contributed by atoms with Crippen LogP contribution in [0.25, 0.3) is 0 Å². The van der Waals surface area contributed by atoms with E-state index in [1.807, 2.05) is 6.07 Å². The molecule has 1 N–H and O–H groups in total. The highest BCUT2D eigenvalue weighted by atomic mass is 32.2. The highest BCUT2D eigenvalue weighted by Gasteiger charge is 2.15. The number of hydrogen-bond acceptors (Lipinski definition) is 4. The van der Waals surface area contributed by atoms with Crippen LogP contribution in [0.5, 0.6) is 0 Å². The lowest BCUT2D eigenvalue weighted by Crippen LogP contribution is -2.36. The fourth-order valence-corrected chi connectivity index (χ4v) is 2.25. The van der Waals surface area contributed by atoms with Crippen molar-refractivity contribution in [3.8, 4) is 6.07 Å². The van der Waals surface area contributed by atoms with Crippen LogP contribution in [0.4, 0.5) is 0 Å². The van der Waals surface area contributed by atoms with Crippen molar-refractivity contribution in [2.45, 2.75) is 11.3 Å². The van der Waals surface area contributed by atoms with Gasteiger partial charge >= 0.3 is 0 Å². The smallest absolute Gasteiger partial charge is 0.241 e. The maximum atomic E-state index is 11.9. The summed E-state index contributed by atoms with van der Waals surface area (Å²) in [7, 11) is -0.603. The zero-order valence-electron chi connectivity index (χ0n) is 10.8. The molecule has 0 unspecified atom stereocenters. The van der Waals surface area contributed by atoms with Gasteiger partial charge < -0.3 is 4.90 Å². The van der Waals surface area contributed by atoms with Crippen LogP contribution in [-0.2, 0) is 21.2 Å². The summed E-state index contributed by atoms with van der Waals surface area (Å²) in [5, 5.41) is 8.52. The molecule has 1 rings (SSSR count). The van der Waals surface area contributed by atoms with Gasteiger partial charge in [0, 0.05) is 14.1 Å². The summed E-state index contributed by atoms with van der Waals surface area (Å²) in [6.45, 7) is -0.282. The van der Waals surface area contributed by atoms with Crippen LogP contribution in [0.1, 0.15) is 5.56 Å². The molecule has 0 aliphatic rings. The van der Waals surface area contributed by atoms with E-state index in [9.17, 15) is 13.2 Å². The molecule has 0 saturated heterocycles. The Balaban J connectivity index is 2.78. The number of amides is 1. The van der Waals surface area contributed by atoms with Gasteiger partial charge in [-0.1, -0.05) is 12.1 Å². The summed E-state index contributed by atoms with van der Waals surface area (Å²) >= 11 is 0. The quantitative estimate of drug-likeness (QED) is 0.830. The van der Waals surface area contributed by atoms with Crippen LogP contribution in [0.15, 0.2) is 29.2 Å². The summed E-state index contributed by atoms with van der Waals surface area (Å²) < 4.78 is 26.0. The first-order valence-corrected chi connectivity index (χ1v) is 7.01. The van der Waals surface area contributed by atoms with Crippen LogP contribution in [0.2, 0.25) is 0 Å². The summed E-state index contributed by atoms with van der Waals surface area (Å²) in [5.74, 6) is -0.329. The first-order chi connectivity index (χ1) is 8.86. The van der Waals surface area contributed by atoms with Crippen molar-refractivity contribution in [2.24, 2.45) is 0 Å². The van der Waals surface area contributed by atoms with Gasteiger partial charge in [-0.15, -0.1) is 0 Å². The third kappa shape index (κ3) is 4.35. The van der Waals surface area contributed by atoms with E-state index in [1.54, 1.807) is 26.2 Å². The largest absolute Gasteiger partial charge is 0.348 e. The predicted octanol–water partition coefficient (Wildman–Crippen LogP) is 0.119. The maximum Gasteiger partial charge on any atom is 0.241 e. The van der Waals surface area contributed by atoms with Gasteiger partial charge in [-0.3, -0.25) is 4.79 Å². The second-order valence-electron chi connectivity index (χ2n) is 4.09. The fraction of sp³-hybridized carbons (Fsp3) is 0.333. The molecule has 0 heterocycles. The number of benzene rings is 1. The summed E-state index contributed by atoms with van der Waals surface area (Å²) in [6.07, 6.45) is 0.229. The molecule has 6 nitrogen and oxygen atoms in total. The van der Waals surface area contributed by atoms with Gasteiger partial charge in [0.1, 0.15) is 0 Å². The number of carbonyl (C=O) groups is 1. The number of rotatable bonds is 5. The lowest BCUT2D eigenvalue weighted by atomic mass is 10.2. The van der Waals surface area contributed by atoms with Crippen LogP contribution in [0.3, 0.4) is 0 Å². The SMILES string of the molecule is CN(C)C(=O)CNS(=O)(=O)c1ccc(CC#N)cc1. The van der Waals surface area contributed by atoms with Gasteiger partial charge in [0.15, 0.2) is 0 Å². The van der Waals surface area contributed by atoms with Crippen LogP contribution >= 0.6 is 0 Å². The van der Waals surface area contributed by atoms with E-state index in [1.165, 1.54) is 17.0 Å². The van der Waals surface area contributed by atoms with Crippen molar-refractivity contribution in [2.75, 3.05) is 20.6 Å². The van der Waals surface area contributed by atoms with Crippen molar-refractivity contribution in [1.29, 1.82) is 5.26 Å². The lowest BCUT2D eigenvalue weighted by molar-refractivity contribution is -0.127. The minimum absolute atomic E-state index is 0.0701. The number of nitrogens with zero attached hydrogens (tertiary/aromatic N) is 2. The summed E-state index contributed by atoms with van der Waals surface area (Å²) in [5.41, 5.74) is 0.741. The fourth-order valence-electron chi connectivity index (χ4n) is 1.28. The van der Waals surface area contributed by atoms with Gasteiger partial charge in [-0.05, 0) is 17.7 Å². The second kappa shape index (κ2) is 6.31. The predicted molar refractivity (Wildman–Crippen MR) is 69.6 cm³/mol. The molecule has 1 aromatic carbocycles. The Kier molecular flexibility index (Phi) is 5.03. The Hall–Kier alpha value is -1.91. The van der Waals surface area contributed by atoms with E-state index in [0.29, 0.717) is 0 Å². The zero-order chi connectivity index (χ0) is 14.5. The molecule has 0 aliphatic carbocycles. The lowest BCUT2D eigenvalue weighted by Gasteiger charge is -2.11. The molecule has 0 bridgehead atoms. The average Bonchev–Trinajstić information content (AvgIpc) is 2.37. The van der Waals surface area contributed by atoms with Crippen LogP contribution in [-0.4, -0.2) is 39.9 Å². The molecule has 1 amide bonds. The van der Waals surface area contributed by atoms with E-state index in [-0.39, 0.29) is 23.8 Å². The monoisotopic (exact) mass is 281 g/mol. The van der Waals surface area contributed by atoms with Gasteiger partial charge in [0.25, 0.3) is 0 Å². The number of likely N-dealkylation sites (N-methyl/N-ethyl adjacent to an activating group) is 1. The molecule has 0 fully saturated rings. The minimum atomic E-state index is -3.70. The van der Waals surface area contributed by atoms with E-state index in [4.69, 9.17) is 5.26 Å². The van der Waals surface area contributed by atoms with Gasteiger partial charge in [-0.25, -0.2) is 13.1 Å². The highest BCUT2D eigenvalue weighted by molar-refractivity contribution is 7.89. The number of hydrogen-bond donors (Lipinski definition) is 1. The van der Waals surface area contributed by atoms with Crippen LogP contribution in [0, 0.1) is 11.3 Å². The topological polar surface area (TPSA) is 90.3 Å². The number of nitriles is 1. The zero-order valence-corrected chi connectivity index (χ0v) is 11.6. The number of sulfonamides is 1. The van der Waals surface area contributed by atoms with Gasteiger partial charge in [-0.2, -0.15) is 5.26 Å². The Bertz CT molecular complexity index is 586. The first kappa shape index (κ1) is 15.1. The molecule has 102 valence electrons. The second-order valence-corrected chi connectivity index (χ2v) is 5.86. The Morgan fingerprint density at radius 1 is 1.32 bits per heavy atom. The van der Waals surface area contributed by atoms with E-state index < -0.39 is 10.0 Å². The van der Waals surface area contributed by atoms with Crippen molar-refractivity contribution in [1.82, 2.24) is 9.62 Å². The molecule has 0 aliphatic heterocycles. The Morgan fingerprint density at radius 3 is 2.37 bits per heavy atom. The number of carbonyl (C=O) groups excluding carboxylic acids is 1. The molecule has 19 heavy (non-hydrogen) atoms. The van der Waals surface area contributed by atoms with Crippen molar-refractivity contribution in [3.63, 3.8) is 0 Å². The highest BCUT2D eigenvalue weighted by Crippen LogP contribution is 2.10. The molecule has 0 atom stereocenters. The molecule has 1 aromatic rings. The molecular formula is C12H15N3O3S. The molecule has 0 saturated carbocycles. The number of nitrogens with one attached hydrogen (secondary N) is 1. The Morgan fingerprint density at radius 2 is 1.89 bits per heavy atom. The minimum Gasteiger partial charge on any atom is -0.348 e. The normalized spacial score (nSPS) is 10.8. The third-order valence-electron chi connectivity index (χ3n) is 2.43. The molecule has 0 radical (unpaired) electrons. The van der Waals surface area contributed by atoms with E-state index in [2.05, 4.69) is 4.72 Å². The van der Waals surface area contributed by atoms with Gasteiger partial charge in [0.05, 0.1) is 23.9 Å². The summed E-state index contributed by atoms with van der Waals surface area (Å²) in [4.78, 5) is 12.7. The van der Waals surface area contributed by atoms with E-state index in [0.717, 1.165) is 5.56 Å². The molecule has 0 spiro atoms. The molecular weight excluding hydrogens is 266 g/mol. The average molecular weight is 281 g/mol. The Labute approximate surface area is 112 Å². The van der Waals surface area contributed by atoms with Crippen molar-refractivity contribution >= 4 is 15.9 Å². The standard InChI is InChI=1S/C12H15N3O3S/c1-15(2)12(16)9-14-19(17,18)11-5-3-10(4-6-11)7-8-13/h3-6,14H,7,9H2,1-2H3. The first-order valence-electron chi connectivity index (χ1n) is 5.52. The third-order valence-corrected chi connectivity index (χ3v) is 3.85. The maximum absolute atomic E-state index is 11.9. The molecule has 0 aromatic heterocycles. The van der Waals surface area contributed by atoms with Gasteiger partial charge in [0.2, 0.25) is 15.9 Å². The summed E-state index contributed by atoms with van der Waals surface area (Å²) in [6, 6.07) is 7.95. The van der Waals surface area contributed by atoms with Crippen molar-refractivity contribution < 1.29 is 13.2 Å². The molecule has 7 heteroatoms. The van der Waals surface area contributed by atoms with Crippen LogP contribution < -0.4 is 4.72 Å².